The van der Waals surface area contributed by atoms with Crippen LogP contribution < -0.4 is 10.1 Å². The van der Waals surface area contributed by atoms with Crippen molar-refractivity contribution in [2.24, 2.45) is 0 Å². The Morgan fingerprint density at radius 2 is 2.05 bits per heavy atom. The van der Waals surface area contributed by atoms with Crippen molar-refractivity contribution in [3.63, 3.8) is 0 Å². The highest BCUT2D eigenvalue weighted by Gasteiger charge is 2.17. The second kappa shape index (κ2) is 6.92. The van der Waals surface area contributed by atoms with Crippen LogP contribution in [0.3, 0.4) is 0 Å². The number of hydrogen-bond donors (Lipinski definition) is 1. The normalized spacial score (nSPS) is 13.5. The topological polar surface area (TPSA) is 56.1 Å². The van der Waals surface area contributed by atoms with E-state index < -0.39 is 0 Å². The molecule has 0 aliphatic rings. The van der Waals surface area contributed by atoms with Crippen molar-refractivity contribution in [1.29, 1.82) is 0 Å². The van der Waals surface area contributed by atoms with E-state index in [4.69, 9.17) is 4.74 Å². The van der Waals surface area contributed by atoms with Gasteiger partial charge in [0.15, 0.2) is 0 Å². The van der Waals surface area contributed by atoms with Gasteiger partial charge in [-0.25, -0.2) is 0 Å². The minimum atomic E-state index is -0.329. The van der Waals surface area contributed by atoms with Crippen LogP contribution in [0.5, 0.6) is 5.75 Å². The van der Waals surface area contributed by atoms with Gasteiger partial charge in [-0.3, -0.25) is 9.48 Å². The van der Waals surface area contributed by atoms with E-state index in [1.165, 1.54) is 0 Å². The Morgan fingerprint density at radius 3 is 2.62 bits per heavy atom. The summed E-state index contributed by atoms with van der Waals surface area (Å²) in [5.41, 5.74) is 1.04. The summed E-state index contributed by atoms with van der Waals surface area (Å²) in [5, 5.41) is 7.08. The standard InChI is InChI=1S/C16H21N3O2/c1-4-21-15-8-6-14(7-9-15)12(2)18-16(20)13(3)19-11-5-10-17-19/h5-13H,4H2,1-3H3,(H,18,20)/t12-,13+/m1/s1. The van der Waals surface area contributed by atoms with Crippen LogP contribution in [0.15, 0.2) is 42.7 Å². The highest BCUT2D eigenvalue weighted by Crippen LogP contribution is 2.18. The predicted molar refractivity (Wildman–Crippen MR) is 81.1 cm³/mol. The van der Waals surface area contributed by atoms with Gasteiger partial charge in [0.05, 0.1) is 12.6 Å². The smallest absolute Gasteiger partial charge is 0.245 e. The van der Waals surface area contributed by atoms with Gasteiger partial charge in [0.25, 0.3) is 0 Å². The van der Waals surface area contributed by atoms with Crippen LogP contribution in [0.4, 0.5) is 0 Å². The SMILES string of the molecule is CCOc1ccc([C@@H](C)NC(=O)[C@H](C)n2cccn2)cc1. The second-order valence-corrected chi connectivity index (χ2v) is 4.89. The molecule has 0 radical (unpaired) electrons. The molecule has 1 amide bonds. The highest BCUT2D eigenvalue weighted by atomic mass is 16.5. The van der Waals surface area contributed by atoms with Gasteiger partial charge in [0.2, 0.25) is 5.91 Å². The molecule has 0 unspecified atom stereocenters. The van der Waals surface area contributed by atoms with Crippen LogP contribution in [-0.2, 0) is 4.79 Å². The zero-order chi connectivity index (χ0) is 15.2. The number of carbonyl (C=O) groups excluding carboxylic acids is 1. The molecule has 1 N–H and O–H groups in total. The van der Waals surface area contributed by atoms with Crippen LogP contribution in [0.2, 0.25) is 0 Å². The van der Waals surface area contributed by atoms with Crippen LogP contribution in [-0.4, -0.2) is 22.3 Å². The molecule has 21 heavy (non-hydrogen) atoms. The fourth-order valence-electron chi connectivity index (χ4n) is 2.07. The van der Waals surface area contributed by atoms with Crippen molar-refractivity contribution < 1.29 is 9.53 Å². The molecular weight excluding hydrogens is 266 g/mol. The van der Waals surface area contributed by atoms with Gasteiger partial charge in [-0.2, -0.15) is 5.10 Å². The zero-order valence-corrected chi connectivity index (χ0v) is 12.6. The molecule has 0 saturated heterocycles. The van der Waals surface area contributed by atoms with Crippen molar-refractivity contribution in [2.75, 3.05) is 6.61 Å². The fraction of sp³-hybridized carbons (Fsp3) is 0.375. The third kappa shape index (κ3) is 3.84. The van der Waals surface area contributed by atoms with Crippen molar-refractivity contribution in [2.45, 2.75) is 32.9 Å². The first kappa shape index (κ1) is 15.1. The number of amides is 1. The molecular formula is C16H21N3O2. The average molecular weight is 287 g/mol. The molecule has 2 atom stereocenters. The zero-order valence-electron chi connectivity index (χ0n) is 12.6. The Kier molecular flexibility index (Phi) is 4.98. The quantitative estimate of drug-likeness (QED) is 0.888. The average Bonchev–Trinajstić information content (AvgIpc) is 3.01. The number of aromatic nitrogens is 2. The molecule has 0 bridgehead atoms. The Balaban J connectivity index is 1.97. The van der Waals surface area contributed by atoms with E-state index in [1.807, 2.05) is 45.0 Å². The number of ether oxygens (including phenoxy) is 1. The summed E-state index contributed by atoms with van der Waals surface area (Å²) in [6.07, 6.45) is 3.45. The van der Waals surface area contributed by atoms with Gasteiger partial charge in [0.1, 0.15) is 11.8 Å². The van der Waals surface area contributed by atoms with E-state index in [9.17, 15) is 4.79 Å². The minimum absolute atomic E-state index is 0.0555. The highest BCUT2D eigenvalue weighted by molar-refractivity contribution is 5.80. The van der Waals surface area contributed by atoms with E-state index in [1.54, 1.807) is 23.1 Å². The molecule has 1 heterocycles. The number of nitrogens with zero attached hydrogens (tertiary/aromatic N) is 2. The van der Waals surface area contributed by atoms with E-state index in [2.05, 4.69) is 10.4 Å². The molecule has 2 rings (SSSR count). The van der Waals surface area contributed by atoms with Gasteiger partial charge >= 0.3 is 0 Å². The summed E-state index contributed by atoms with van der Waals surface area (Å²) < 4.78 is 7.05. The van der Waals surface area contributed by atoms with Gasteiger partial charge in [-0.05, 0) is 44.5 Å². The third-order valence-electron chi connectivity index (χ3n) is 3.35. The van der Waals surface area contributed by atoms with Crippen molar-refractivity contribution in [3.05, 3.63) is 48.3 Å². The lowest BCUT2D eigenvalue weighted by molar-refractivity contribution is -0.124. The van der Waals surface area contributed by atoms with E-state index in [-0.39, 0.29) is 18.0 Å². The first-order chi connectivity index (χ1) is 10.1. The molecule has 1 aromatic heterocycles. The maximum Gasteiger partial charge on any atom is 0.245 e. The lowest BCUT2D eigenvalue weighted by Gasteiger charge is -2.18. The van der Waals surface area contributed by atoms with Crippen LogP contribution in [0.25, 0.3) is 0 Å². The lowest BCUT2D eigenvalue weighted by atomic mass is 10.1. The van der Waals surface area contributed by atoms with Crippen molar-refractivity contribution >= 4 is 5.91 Å². The molecule has 1 aromatic carbocycles. The largest absolute Gasteiger partial charge is 0.494 e. The number of nitrogens with one attached hydrogen (secondary N) is 1. The summed E-state index contributed by atoms with van der Waals surface area (Å²) >= 11 is 0. The first-order valence-electron chi connectivity index (χ1n) is 7.14. The second-order valence-electron chi connectivity index (χ2n) is 4.89. The molecule has 0 fully saturated rings. The van der Waals surface area contributed by atoms with Crippen LogP contribution in [0.1, 0.15) is 38.4 Å². The van der Waals surface area contributed by atoms with Gasteiger partial charge in [-0.1, -0.05) is 12.1 Å². The Labute approximate surface area is 124 Å². The van der Waals surface area contributed by atoms with E-state index in [0.29, 0.717) is 6.61 Å². The number of rotatable bonds is 6. The number of hydrogen-bond acceptors (Lipinski definition) is 3. The van der Waals surface area contributed by atoms with Crippen molar-refractivity contribution in [1.82, 2.24) is 15.1 Å². The number of benzene rings is 1. The van der Waals surface area contributed by atoms with E-state index >= 15 is 0 Å². The van der Waals surface area contributed by atoms with Crippen LogP contribution in [0, 0.1) is 0 Å². The molecule has 0 saturated carbocycles. The van der Waals surface area contributed by atoms with Crippen molar-refractivity contribution in [3.8, 4) is 5.75 Å². The van der Waals surface area contributed by atoms with Gasteiger partial charge < -0.3 is 10.1 Å². The fourth-order valence-corrected chi connectivity index (χ4v) is 2.07. The molecule has 2 aromatic rings. The summed E-state index contributed by atoms with van der Waals surface area (Å²) in [6.45, 7) is 6.39. The molecule has 0 aliphatic carbocycles. The number of carbonyl (C=O) groups is 1. The summed E-state index contributed by atoms with van der Waals surface area (Å²) in [5.74, 6) is 0.782. The van der Waals surface area contributed by atoms with Crippen LogP contribution >= 0.6 is 0 Å². The molecule has 5 nitrogen and oxygen atoms in total. The van der Waals surface area contributed by atoms with Gasteiger partial charge in [-0.15, -0.1) is 0 Å². The molecule has 112 valence electrons. The third-order valence-corrected chi connectivity index (χ3v) is 3.35. The molecule has 0 spiro atoms. The van der Waals surface area contributed by atoms with Gasteiger partial charge in [0, 0.05) is 12.4 Å². The summed E-state index contributed by atoms with van der Waals surface area (Å²) in [7, 11) is 0. The lowest BCUT2D eigenvalue weighted by Crippen LogP contribution is -2.33. The van der Waals surface area contributed by atoms with E-state index in [0.717, 1.165) is 11.3 Å². The predicted octanol–water partition coefficient (Wildman–Crippen LogP) is 2.72. The maximum atomic E-state index is 12.2. The molecule has 0 aliphatic heterocycles. The minimum Gasteiger partial charge on any atom is -0.494 e. The summed E-state index contributed by atoms with van der Waals surface area (Å²) in [4.78, 5) is 12.2. The Bertz CT molecular complexity index is 564. The Morgan fingerprint density at radius 1 is 1.33 bits per heavy atom. The summed E-state index contributed by atoms with van der Waals surface area (Å²) in [6, 6.07) is 9.18. The molecule has 5 heteroatoms. The monoisotopic (exact) mass is 287 g/mol. The first-order valence-corrected chi connectivity index (χ1v) is 7.14. The maximum absolute atomic E-state index is 12.2. The Hall–Kier alpha value is -2.30.